The molecule has 3 aromatic rings. The molecule has 0 fully saturated rings. The van der Waals surface area contributed by atoms with Gasteiger partial charge < -0.3 is 5.11 Å². The maximum atomic E-state index is 13.2. The monoisotopic (exact) mass is 331 g/mol. The number of rotatable bonds is 2. The number of hydrogen-bond donors (Lipinski definition) is 1. The van der Waals surface area contributed by atoms with Crippen LogP contribution in [0.1, 0.15) is 13.3 Å². The van der Waals surface area contributed by atoms with Gasteiger partial charge in [0.15, 0.2) is 0 Å². The highest BCUT2D eigenvalue weighted by Gasteiger charge is 2.21. The van der Waals surface area contributed by atoms with Gasteiger partial charge in [0.2, 0.25) is 0 Å². The second-order valence-electron chi connectivity index (χ2n) is 6.17. The van der Waals surface area contributed by atoms with Gasteiger partial charge in [0.05, 0.1) is 10.9 Å². The van der Waals surface area contributed by atoms with Crippen molar-refractivity contribution in [2.45, 2.75) is 13.3 Å². The van der Waals surface area contributed by atoms with Crippen LogP contribution < -0.4 is 5.56 Å². The summed E-state index contributed by atoms with van der Waals surface area (Å²) in [4.78, 5) is 22.1. The molecule has 1 unspecified atom stereocenters. The highest BCUT2D eigenvalue weighted by Crippen LogP contribution is 2.29. The van der Waals surface area contributed by atoms with Crippen molar-refractivity contribution in [1.82, 2.24) is 14.5 Å². The van der Waals surface area contributed by atoms with E-state index in [0.717, 1.165) is 11.3 Å². The Labute approximate surface area is 144 Å². The predicted octanol–water partition coefficient (Wildman–Crippen LogP) is 3.78. The van der Waals surface area contributed by atoms with Gasteiger partial charge in [-0.15, -0.1) is 0 Å². The smallest absolute Gasteiger partial charge is 0.265 e. The van der Waals surface area contributed by atoms with Gasteiger partial charge in [-0.25, -0.2) is 4.98 Å². The summed E-state index contributed by atoms with van der Waals surface area (Å²) >= 11 is 0. The van der Waals surface area contributed by atoms with Crippen LogP contribution in [-0.4, -0.2) is 19.6 Å². The number of aliphatic hydroxyl groups excluding tert-OH is 1. The molecular formula is C20H17N3O2. The van der Waals surface area contributed by atoms with E-state index >= 15 is 0 Å². The Morgan fingerprint density at radius 2 is 2.04 bits per heavy atom. The highest BCUT2D eigenvalue weighted by molar-refractivity contribution is 5.81. The van der Waals surface area contributed by atoms with Crippen LogP contribution in [0.4, 0.5) is 0 Å². The summed E-state index contributed by atoms with van der Waals surface area (Å²) in [6, 6.07) is 11.0. The van der Waals surface area contributed by atoms with Crippen molar-refractivity contribution in [2.24, 2.45) is 5.92 Å². The maximum Gasteiger partial charge on any atom is 0.265 e. The van der Waals surface area contributed by atoms with Crippen molar-refractivity contribution < 1.29 is 5.11 Å². The molecule has 1 aromatic carbocycles. The average molecular weight is 331 g/mol. The van der Waals surface area contributed by atoms with Crippen LogP contribution >= 0.6 is 0 Å². The van der Waals surface area contributed by atoms with Crippen molar-refractivity contribution in [3.05, 3.63) is 77.1 Å². The molecule has 4 rings (SSSR count). The van der Waals surface area contributed by atoms with E-state index in [2.05, 4.69) is 4.98 Å². The Balaban J connectivity index is 2.10. The van der Waals surface area contributed by atoms with E-state index in [1.54, 1.807) is 35.2 Å². The Bertz CT molecular complexity index is 1070. The lowest BCUT2D eigenvalue weighted by molar-refractivity contribution is 0.422. The van der Waals surface area contributed by atoms with Gasteiger partial charge in [-0.1, -0.05) is 19.1 Å². The van der Waals surface area contributed by atoms with Gasteiger partial charge in [0, 0.05) is 29.6 Å². The first kappa shape index (κ1) is 15.3. The van der Waals surface area contributed by atoms with Crippen molar-refractivity contribution in [3.8, 4) is 11.4 Å². The molecule has 124 valence electrons. The summed E-state index contributed by atoms with van der Waals surface area (Å²) in [6.45, 7) is 2.03. The van der Waals surface area contributed by atoms with E-state index < -0.39 is 0 Å². The number of allylic oxidation sites excluding steroid dienone is 3. The van der Waals surface area contributed by atoms with Crippen molar-refractivity contribution in [3.63, 3.8) is 0 Å². The fourth-order valence-corrected chi connectivity index (χ4v) is 3.12. The van der Waals surface area contributed by atoms with E-state index in [0.29, 0.717) is 23.1 Å². The lowest BCUT2D eigenvalue weighted by Crippen LogP contribution is -2.26. The fraction of sp³-hybridized carbons (Fsp3) is 0.150. The number of benzene rings is 1. The van der Waals surface area contributed by atoms with Gasteiger partial charge >= 0.3 is 0 Å². The third kappa shape index (κ3) is 2.63. The molecule has 0 saturated carbocycles. The number of aromatic nitrogens is 3. The van der Waals surface area contributed by atoms with Gasteiger partial charge in [0.25, 0.3) is 5.56 Å². The van der Waals surface area contributed by atoms with Crippen LogP contribution in [0.15, 0.2) is 71.5 Å². The van der Waals surface area contributed by atoms with Crippen molar-refractivity contribution >= 4 is 16.6 Å². The zero-order valence-electron chi connectivity index (χ0n) is 13.8. The lowest BCUT2D eigenvalue weighted by atomic mass is 9.97. The third-order valence-electron chi connectivity index (χ3n) is 4.43. The number of pyridine rings is 1. The normalized spacial score (nSPS) is 17.2. The van der Waals surface area contributed by atoms with E-state index in [1.165, 1.54) is 0 Å². The first-order valence-electron chi connectivity index (χ1n) is 8.18. The minimum Gasteiger partial charge on any atom is -0.508 e. The molecule has 0 aliphatic heterocycles. The quantitative estimate of drug-likeness (QED) is 0.776. The topological polar surface area (TPSA) is 68.0 Å². The zero-order valence-corrected chi connectivity index (χ0v) is 13.8. The van der Waals surface area contributed by atoms with Crippen molar-refractivity contribution in [1.29, 1.82) is 0 Å². The van der Waals surface area contributed by atoms with Crippen LogP contribution in [0.3, 0.4) is 0 Å². The fourth-order valence-electron chi connectivity index (χ4n) is 3.12. The number of hydrogen-bond acceptors (Lipinski definition) is 4. The largest absolute Gasteiger partial charge is 0.508 e. The maximum absolute atomic E-state index is 13.2. The summed E-state index contributed by atoms with van der Waals surface area (Å²) in [5.74, 6) is 0.793. The van der Waals surface area contributed by atoms with Crippen molar-refractivity contribution in [2.75, 3.05) is 0 Å². The molecule has 0 spiro atoms. The summed E-state index contributed by atoms with van der Waals surface area (Å²) in [5, 5.41) is 10.5. The molecule has 1 aliphatic carbocycles. The predicted molar refractivity (Wildman–Crippen MR) is 98.0 cm³/mol. The van der Waals surface area contributed by atoms with Gasteiger partial charge in [-0.05, 0) is 42.8 Å². The summed E-state index contributed by atoms with van der Waals surface area (Å²) < 4.78 is 1.60. The van der Waals surface area contributed by atoms with E-state index in [-0.39, 0.29) is 17.2 Å². The first-order valence-corrected chi connectivity index (χ1v) is 8.18. The molecule has 5 nitrogen and oxygen atoms in total. The molecule has 0 bridgehead atoms. The Morgan fingerprint density at radius 3 is 2.84 bits per heavy atom. The average Bonchev–Trinajstić information content (AvgIpc) is 2.65. The molecule has 1 aliphatic rings. The second kappa shape index (κ2) is 6.02. The molecule has 1 N–H and O–H groups in total. The number of fused-ring (bicyclic) bond motifs is 1. The number of aliphatic hydroxyl groups is 1. The number of para-hydroxylation sites is 1. The Morgan fingerprint density at radius 1 is 1.20 bits per heavy atom. The van der Waals surface area contributed by atoms with Crippen LogP contribution in [0, 0.1) is 5.92 Å². The molecule has 2 heterocycles. The minimum atomic E-state index is -0.141. The van der Waals surface area contributed by atoms with Crippen LogP contribution in [0.5, 0.6) is 0 Å². The zero-order chi connectivity index (χ0) is 17.4. The molecule has 0 saturated heterocycles. The number of nitrogens with zero attached hydrogens (tertiary/aromatic N) is 3. The van der Waals surface area contributed by atoms with Gasteiger partial charge in [-0.3, -0.25) is 14.3 Å². The summed E-state index contributed by atoms with van der Waals surface area (Å²) in [7, 11) is 0. The molecular weight excluding hydrogens is 314 g/mol. The second-order valence-corrected chi connectivity index (χ2v) is 6.17. The first-order chi connectivity index (χ1) is 12.1. The Hall–Kier alpha value is -3.21. The third-order valence-corrected chi connectivity index (χ3v) is 4.43. The van der Waals surface area contributed by atoms with E-state index in [9.17, 15) is 9.90 Å². The van der Waals surface area contributed by atoms with Gasteiger partial charge in [-0.2, -0.15) is 0 Å². The molecule has 25 heavy (non-hydrogen) atoms. The minimum absolute atomic E-state index is 0.0898. The summed E-state index contributed by atoms with van der Waals surface area (Å²) in [5.41, 5.74) is 2.00. The standard InChI is InChI=1S/C20H17N3O2/c1-13-8-9-15(24)11-18(13)23-19(14-5-4-10-21-12-14)22-17-7-3-2-6-16(17)20(23)25/h2-7,9-13,24H,8H2,1H3. The molecule has 2 aromatic heterocycles. The van der Waals surface area contributed by atoms with E-state index in [1.807, 2.05) is 37.3 Å². The van der Waals surface area contributed by atoms with E-state index in [4.69, 9.17) is 4.98 Å². The van der Waals surface area contributed by atoms with Gasteiger partial charge in [0.1, 0.15) is 11.6 Å². The molecule has 1 atom stereocenters. The highest BCUT2D eigenvalue weighted by atomic mass is 16.3. The SMILES string of the molecule is CC1CC=C(O)C=C1n1c(-c2cccnc2)nc2ccccc2c1=O. The van der Waals surface area contributed by atoms with Crippen LogP contribution in [-0.2, 0) is 0 Å². The molecule has 5 heteroatoms. The Kier molecular flexibility index (Phi) is 3.69. The molecule has 0 radical (unpaired) electrons. The lowest BCUT2D eigenvalue weighted by Gasteiger charge is -2.23. The van der Waals surface area contributed by atoms with Crippen LogP contribution in [0.25, 0.3) is 28.0 Å². The molecule has 0 amide bonds. The summed E-state index contributed by atoms with van der Waals surface area (Å²) in [6.07, 6.45) is 7.45. The van der Waals surface area contributed by atoms with Crippen LogP contribution in [0.2, 0.25) is 0 Å².